The van der Waals surface area contributed by atoms with Gasteiger partial charge in [-0.15, -0.1) is 0 Å². The number of unbranched alkanes of at least 4 members (excludes halogenated alkanes) is 1. The van der Waals surface area contributed by atoms with E-state index in [4.69, 9.17) is 10.6 Å². The van der Waals surface area contributed by atoms with Crippen molar-refractivity contribution >= 4 is 11.8 Å². The normalized spacial score (nSPS) is 10.4. The summed E-state index contributed by atoms with van der Waals surface area (Å²) in [5.41, 5.74) is 7.33. The van der Waals surface area contributed by atoms with Gasteiger partial charge in [0.05, 0.1) is 0 Å². The van der Waals surface area contributed by atoms with Crippen LogP contribution in [0.15, 0.2) is 0 Å². The predicted octanol–water partition coefficient (Wildman–Crippen LogP) is 0.326. The van der Waals surface area contributed by atoms with Crippen LogP contribution >= 0.6 is 0 Å². The van der Waals surface area contributed by atoms with Crippen LogP contribution in [-0.4, -0.2) is 31.5 Å². The summed E-state index contributed by atoms with van der Waals surface area (Å²) in [6, 6.07) is 0. The number of nitrogens with two attached hydrogens (primary N) is 1. The first-order chi connectivity index (χ1) is 8.56. The van der Waals surface area contributed by atoms with Crippen molar-refractivity contribution in [3.63, 3.8) is 0 Å². The van der Waals surface area contributed by atoms with Gasteiger partial charge < -0.3 is 11.1 Å². The number of hydrogen-bond acceptors (Lipinski definition) is 4. The van der Waals surface area contributed by atoms with Gasteiger partial charge in [0.25, 0.3) is 0 Å². The molecular weight excluding hydrogens is 234 g/mol. The van der Waals surface area contributed by atoms with Crippen LogP contribution in [0.1, 0.15) is 39.5 Å². The first-order valence-corrected chi connectivity index (χ1v) is 6.43. The SMILES string of the molecule is CC(C)CCCCNC(=O)CONC(=O)CCN. The summed E-state index contributed by atoms with van der Waals surface area (Å²) in [6.07, 6.45) is 3.42. The fraction of sp³-hybridized carbons (Fsp3) is 0.833. The lowest BCUT2D eigenvalue weighted by atomic mass is 10.1. The van der Waals surface area contributed by atoms with Gasteiger partial charge in [-0.2, -0.15) is 0 Å². The van der Waals surface area contributed by atoms with Crippen molar-refractivity contribution in [3.05, 3.63) is 0 Å². The lowest BCUT2D eigenvalue weighted by Gasteiger charge is -2.07. The number of carbonyl (C=O) groups is 2. The molecule has 4 N–H and O–H groups in total. The van der Waals surface area contributed by atoms with Gasteiger partial charge in [0.1, 0.15) is 0 Å². The predicted molar refractivity (Wildman–Crippen MR) is 69.5 cm³/mol. The molecule has 106 valence electrons. The zero-order valence-electron chi connectivity index (χ0n) is 11.3. The molecule has 0 aliphatic carbocycles. The first-order valence-electron chi connectivity index (χ1n) is 6.43. The van der Waals surface area contributed by atoms with Gasteiger partial charge in [-0.25, -0.2) is 5.48 Å². The Morgan fingerprint density at radius 2 is 1.94 bits per heavy atom. The maximum atomic E-state index is 11.3. The molecule has 0 radical (unpaired) electrons. The largest absolute Gasteiger partial charge is 0.354 e. The number of nitrogens with one attached hydrogen (secondary N) is 2. The molecule has 18 heavy (non-hydrogen) atoms. The molecule has 6 heteroatoms. The van der Waals surface area contributed by atoms with Gasteiger partial charge in [0.15, 0.2) is 6.61 Å². The van der Waals surface area contributed by atoms with Gasteiger partial charge in [0, 0.05) is 19.5 Å². The Balaban J connectivity index is 3.35. The van der Waals surface area contributed by atoms with E-state index in [2.05, 4.69) is 24.6 Å². The zero-order valence-corrected chi connectivity index (χ0v) is 11.3. The number of hydrogen-bond donors (Lipinski definition) is 3. The van der Waals surface area contributed by atoms with Crippen LogP contribution in [-0.2, 0) is 14.4 Å². The van der Waals surface area contributed by atoms with Crippen molar-refractivity contribution in [2.24, 2.45) is 11.7 Å². The molecule has 0 aromatic rings. The molecule has 0 aromatic carbocycles. The number of amides is 2. The molecular formula is C12H25N3O3. The molecule has 0 atom stereocenters. The van der Waals surface area contributed by atoms with E-state index in [1.165, 1.54) is 6.42 Å². The highest BCUT2D eigenvalue weighted by Gasteiger charge is 2.03. The van der Waals surface area contributed by atoms with Crippen LogP contribution in [0, 0.1) is 5.92 Å². The van der Waals surface area contributed by atoms with E-state index in [0.717, 1.165) is 12.8 Å². The van der Waals surface area contributed by atoms with Crippen LogP contribution in [0.5, 0.6) is 0 Å². The molecule has 6 nitrogen and oxygen atoms in total. The minimum atomic E-state index is -0.317. The van der Waals surface area contributed by atoms with Crippen molar-refractivity contribution in [2.45, 2.75) is 39.5 Å². The fourth-order valence-electron chi connectivity index (χ4n) is 1.32. The summed E-state index contributed by atoms with van der Waals surface area (Å²) < 4.78 is 0. The summed E-state index contributed by atoms with van der Waals surface area (Å²) in [6.45, 7) is 5.09. The standard InChI is InChI=1S/C12H25N3O3/c1-10(2)5-3-4-8-14-12(17)9-18-15-11(16)6-7-13/h10H,3-9,13H2,1-2H3,(H,14,17)(H,15,16). The molecule has 0 heterocycles. The van der Waals surface area contributed by atoms with E-state index in [-0.39, 0.29) is 31.4 Å². The van der Waals surface area contributed by atoms with Gasteiger partial charge in [-0.1, -0.05) is 26.7 Å². The van der Waals surface area contributed by atoms with Crippen molar-refractivity contribution in [1.82, 2.24) is 10.8 Å². The second-order valence-corrected chi connectivity index (χ2v) is 4.59. The molecule has 0 spiro atoms. The third kappa shape index (κ3) is 11.3. The Labute approximate surface area is 109 Å². The van der Waals surface area contributed by atoms with E-state index in [1.807, 2.05) is 0 Å². The Morgan fingerprint density at radius 3 is 2.56 bits per heavy atom. The van der Waals surface area contributed by atoms with Crippen LogP contribution in [0.4, 0.5) is 0 Å². The highest BCUT2D eigenvalue weighted by atomic mass is 16.7. The van der Waals surface area contributed by atoms with Crippen molar-refractivity contribution in [3.8, 4) is 0 Å². The van der Waals surface area contributed by atoms with Crippen molar-refractivity contribution in [1.29, 1.82) is 0 Å². The highest BCUT2D eigenvalue weighted by molar-refractivity contribution is 5.78. The third-order valence-electron chi connectivity index (χ3n) is 2.29. The lowest BCUT2D eigenvalue weighted by Crippen LogP contribution is -2.33. The molecule has 0 rings (SSSR count). The van der Waals surface area contributed by atoms with Crippen LogP contribution in [0.2, 0.25) is 0 Å². The maximum absolute atomic E-state index is 11.3. The van der Waals surface area contributed by atoms with Crippen LogP contribution in [0.25, 0.3) is 0 Å². The van der Waals surface area contributed by atoms with E-state index in [1.54, 1.807) is 0 Å². The van der Waals surface area contributed by atoms with E-state index < -0.39 is 0 Å². The van der Waals surface area contributed by atoms with Crippen LogP contribution in [0.3, 0.4) is 0 Å². The average molecular weight is 259 g/mol. The number of rotatable bonds is 10. The molecule has 0 aliphatic heterocycles. The smallest absolute Gasteiger partial charge is 0.248 e. The van der Waals surface area contributed by atoms with Gasteiger partial charge >= 0.3 is 0 Å². The quantitative estimate of drug-likeness (QED) is 0.389. The molecule has 2 amide bonds. The second-order valence-electron chi connectivity index (χ2n) is 4.59. The molecule has 0 bridgehead atoms. The highest BCUT2D eigenvalue weighted by Crippen LogP contribution is 2.04. The van der Waals surface area contributed by atoms with E-state index in [9.17, 15) is 9.59 Å². The van der Waals surface area contributed by atoms with Crippen LogP contribution < -0.4 is 16.5 Å². The molecule has 0 unspecified atom stereocenters. The maximum Gasteiger partial charge on any atom is 0.248 e. The number of carbonyl (C=O) groups excluding carboxylic acids is 2. The van der Waals surface area contributed by atoms with Crippen molar-refractivity contribution < 1.29 is 14.4 Å². The summed E-state index contributed by atoms with van der Waals surface area (Å²) in [4.78, 5) is 26.9. The molecule has 0 saturated carbocycles. The van der Waals surface area contributed by atoms with Gasteiger partial charge in [0.2, 0.25) is 11.8 Å². The topological polar surface area (TPSA) is 93.5 Å². The summed E-state index contributed by atoms with van der Waals surface area (Å²) in [5.74, 6) is 0.150. The van der Waals surface area contributed by atoms with E-state index in [0.29, 0.717) is 12.5 Å². The summed E-state index contributed by atoms with van der Waals surface area (Å²) in [7, 11) is 0. The second kappa shape index (κ2) is 11.0. The molecule has 0 fully saturated rings. The lowest BCUT2D eigenvalue weighted by molar-refractivity contribution is -0.139. The summed E-state index contributed by atoms with van der Waals surface area (Å²) in [5, 5.41) is 2.72. The monoisotopic (exact) mass is 259 g/mol. The van der Waals surface area contributed by atoms with Gasteiger partial charge in [-0.3, -0.25) is 14.4 Å². The van der Waals surface area contributed by atoms with E-state index >= 15 is 0 Å². The Hall–Kier alpha value is -1.14. The zero-order chi connectivity index (χ0) is 13.8. The third-order valence-corrected chi connectivity index (χ3v) is 2.29. The Bertz CT molecular complexity index is 245. The molecule has 0 aromatic heterocycles. The minimum absolute atomic E-state index is 0.166. The molecule has 0 saturated heterocycles. The summed E-state index contributed by atoms with van der Waals surface area (Å²) >= 11 is 0. The van der Waals surface area contributed by atoms with Crippen molar-refractivity contribution in [2.75, 3.05) is 19.7 Å². The Kier molecular flexibility index (Phi) is 10.3. The minimum Gasteiger partial charge on any atom is -0.354 e. The molecule has 0 aliphatic rings. The average Bonchev–Trinajstić information content (AvgIpc) is 2.28. The first kappa shape index (κ1) is 16.9. The fourth-order valence-corrected chi connectivity index (χ4v) is 1.32. The number of hydroxylamine groups is 1. The van der Waals surface area contributed by atoms with Gasteiger partial charge in [-0.05, 0) is 12.3 Å². The Morgan fingerprint density at radius 1 is 1.22 bits per heavy atom.